The Bertz CT molecular complexity index is 1230. The average molecular weight is 423 g/mol. The second kappa shape index (κ2) is 8.59. The van der Waals surface area contributed by atoms with Gasteiger partial charge in [-0.05, 0) is 17.2 Å². The molecule has 2 heterocycles. The predicted molar refractivity (Wildman–Crippen MR) is 122 cm³/mol. The van der Waals surface area contributed by atoms with Crippen LogP contribution in [0.2, 0.25) is 0 Å². The van der Waals surface area contributed by atoms with Gasteiger partial charge in [0.25, 0.3) is 0 Å². The molecule has 0 N–H and O–H groups in total. The number of aryl methyl sites for hydroxylation is 2. The molecule has 0 unspecified atom stereocenters. The van der Waals surface area contributed by atoms with E-state index >= 15 is 0 Å². The van der Waals surface area contributed by atoms with Gasteiger partial charge in [0, 0.05) is 11.1 Å². The first-order valence-electron chi connectivity index (χ1n) is 10.7. The van der Waals surface area contributed by atoms with E-state index in [-0.39, 0.29) is 0 Å². The molecule has 0 atom stereocenters. The highest BCUT2D eigenvalue weighted by molar-refractivity contribution is 5.68. The van der Waals surface area contributed by atoms with Crippen molar-refractivity contribution in [2.75, 3.05) is 0 Å². The molecule has 32 heavy (non-hydrogen) atoms. The number of rotatable bonds is 6. The quantitative estimate of drug-likeness (QED) is 0.395. The Morgan fingerprint density at radius 3 is 1.47 bits per heavy atom. The summed E-state index contributed by atoms with van der Waals surface area (Å²) in [7, 11) is 3.97. The van der Waals surface area contributed by atoms with Gasteiger partial charge in [-0.15, -0.1) is 18.7 Å². The molecule has 0 saturated carbocycles. The maximum Gasteiger partial charge on any atom is 0.197 e. The zero-order valence-electron chi connectivity index (χ0n) is 18.3. The summed E-state index contributed by atoms with van der Waals surface area (Å²) in [5.74, 6) is 0. The first kappa shape index (κ1) is 19.9. The van der Waals surface area contributed by atoms with E-state index in [9.17, 15) is 0 Å². The molecule has 0 aliphatic rings. The van der Waals surface area contributed by atoms with Crippen LogP contribution in [0.3, 0.4) is 0 Å². The minimum atomic E-state index is 0.746. The molecule has 5 rings (SSSR count). The van der Waals surface area contributed by atoms with Crippen molar-refractivity contribution in [3.8, 4) is 22.5 Å². The Labute approximate surface area is 187 Å². The van der Waals surface area contributed by atoms with Crippen LogP contribution in [0.1, 0.15) is 11.1 Å². The highest BCUT2D eigenvalue weighted by Gasteiger charge is 2.19. The van der Waals surface area contributed by atoms with Crippen molar-refractivity contribution < 1.29 is 9.36 Å². The van der Waals surface area contributed by atoms with Gasteiger partial charge in [-0.3, -0.25) is 0 Å². The zero-order chi connectivity index (χ0) is 21.9. The van der Waals surface area contributed by atoms with E-state index in [0.717, 1.165) is 35.6 Å². The first-order chi connectivity index (χ1) is 15.7. The monoisotopic (exact) mass is 422 g/mol. The molecule has 0 spiro atoms. The minimum Gasteiger partial charge on any atom is -0.133 e. The Hall–Kier alpha value is -4.06. The molecule has 0 radical (unpaired) electrons. The fourth-order valence-electron chi connectivity index (χ4n) is 4.00. The third-order valence-corrected chi connectivity index (χ3v) is 5.57. The molecular weight excluding hydrogens is 396 g/mol. The molecule has 158 valence electrons. The zero-order valence-corrected chi connectivity index (χ0v) is 18.3. The Balaban J connectivity index is 1.42. The van der Waals surface area contributed by atoms with Crippen molar-refractivity contribution in [2.45, 2.75) is 13.1 Å². The predicted octanol–water partition coefficient (Wildman–Crippen LogP) is 3.16. The molecule has 6 nitrogen and oxygen atoms in total. The van der Waals surface area contributed by atoms with Crippen molar-refractivity contribution in [1.82, 2.24) is 19.8 Å². The van der Waals surface area contributed by atoms with Gasteiger partial charge in [-0.1, -0.05) is 78.9 Å². The third-order valence-electron chi connectivity index (χ3n) is 5.57. The van der Waals surface area contributed by atoms with Gasteiger partial charge in [0.05, 0.1) is 10.4 Å². The molecular formula is C26H26N6+2. The Morgan fingerprint density at radius 1 is 0.594 bits per heavy atom. The van der Waals surface area contributed by atoms with E-state index in [1.54, 1.807) is 0 Å². The van der Waals surface area contributed by atoms with Crippen LogP contribution in [0.4, 0.5) is 0 Å². The molecule has 0 aliphatic heterocycles. The maximum atomic E-state index is 4.66. The van der Waals surface area contributed by atoms with E-state index in [1.807, 2.05) is 45.0 Å². The molecule has 0 aliphatic carbocycles. The summed E-state index contributed by atoms with van der Waals surface area (Å²) in [4.78, 5) is 0. The van der Waals surface area contributed by atoms with Gasteiger partial charge >= 0.3 is 0 Å². The summed E-state index contributed by atoms with van der Waals surface area (Å²) in [5.41, 5.74) is 6.85. The molecule has 0 bridgehead atoms. The molecule has 0 amide bonds. The van der Waals surface area contributed by atoms with Gasteiger partial charge in [-0.25, -0.2) is 0 Å². The van der Waals surface area contributed by atoms with Crippen LogP contribution in [0.5, 0.6) is 0 Å². The van der Waals surface area contributed by atoms with E-state index in [0.29, 0.717) is 0 Å². The highest BCUT2D eigenvalue weighted by atomic mass is 15.5. The van der Waals surface area contributed by atoms with E-state index in [4.69, 9.17) is 0 Å². The first-order valence-corrected chi connectivity index (χ1v) is 10.7. The van der Waals surface area contributed by atoms with Crippen molar-refractivity contribution in [1.29, 1.82) is 0 Å². The SMILES string of the molecule is Cn1n[n+](Cc2ccccc2)cc1-c1cccc(-c2c[n+](Cc3ccccc3)nn2C)c1. The fourth-order valence-corrected chi connectivity index (χ4v) is 4.00. The van der Waals surface area contributed by atoms with Gasteiger partial charge in [-0.2, -0.15) is 0 Å². The summed E-state index contributed by atoms with van der Waals surface area (Å²) in [6.45, 7) is 1.49. The second-order valence-corrected chi connectivity index (χ2v) is 8.00. The third kappa shape index (κ3) is 4.21. The number of hydrogen-bond donors (Lipinski definition) is 0. The molecule has 0 fully saturated rings. The van der Waals surface area contributed by atoms with E-state index in [2.05, 4.69) is 95.6 Å². The van der Waals surface area contributed by atoms with Crippen molar-refractivity contribution >= 4 is 0 Å². The summed E-state index contributed by atoms with van der Waals surface area (Å²) in [6.07, 6.45) is 4.20. The van der Waals surface area contributed by atoms with Crippen LogP contribution >= 0.6 is 0 Å². The normalized spacial score (nSPS) is 11.1. The lowest BCUT2D eigenvalue weighted by Gasteiger charge is -1.99. The molecule has 5 aromatic rings. The Kier molecular flexibility index (Phi) is 5.34. The van der Waals surface area contributed by atoms with E-state index < -0.39 is 0 Å². The summed E-state index contributed by atoms with van der Waals surface area (Å²) in [6, 6.07) is 29.3. The van der Waals surface area contributed by atoms with Crippen LogP contribution in [0.15, 0.2) is 97.3 Å². The van der Waals surface area contributed by atoms with Crippen LogP contribution in [0.25, 0.3) is 22.5 Å². The fraction of sp³-hybridized carbons (Fsp3) is 0.154. The average Bonchev–Trinajstić information content (AvgIpc) is 3.37. The molecule has 6 heteroatoms. The van der Waals surface area contributed by atoms with Crippen LogP contribution in [0, 0.1) is 0 Å². The minimum absolute atomic E-state index is 0.746. The number of benzene rings is 3. The van der Waals surface area contributed by atoms with Gasteiger partial charge in [0.1, 0.15) is 27.2 Å². The molecule has 2 aromatic heterocycles. The lowest BCUT2D eigenvalue weighted by molar-refractivity contribution is -0.747. The van der Waals surface area contributed by atoms with E-state index in [1.165, 1.54) is 11.1 Å². The second-order valence-electron chi connectivity index (χ2n) is 8.00. The largest absolute Gasteiger partial charge is 0.197 e. The standard InChI is InChI=1S/C26H26N6/c1-29-25(19-31(27-29)17-21-10-5-3-6-11-21)23-14-9-15-24(16-23)26-20-32(28-30(26)2)18-22-12-7-4-8-13-22/h3-16,19-20H,17-18H2,1-2H3/q+2. The van der Waals surface area contributed by atoms with Crippen molar-refractivity contribution in [2.24, 2.45) is 14.1 Å². The lowest BCUT2D eigenvalue weighted by atomic mass is 10.1. The summed E-state index contributed by atoms with van der Waals surface area (Å²) < 4.78 is 7.83. The van der Waals surface area contributed by atoms with Crippen molar-refractivity contribution in [3.05, 3.63) is 108 Å². The summed E-state index contributed by atoms with van der Waals surface area (Å²) >= 11 is 0. The highest BCUT2D eigenvalue weighted by Crippen LogP contribution is 2.24. The molecule has 3 aromatic carbocycles. The summed E-state index contributed by atoms with van der Waals surface area (Å²) in [5, 5.41) is 9.33. The Morgan fingerprint density at radius 2 is 1.03 bits per heavy atom. The maximum absolute atomic E-state index is 4.66. The van der Waals surface area contributed by atoms with Crippen LogP contribution < -0.4 is 9.36 Å². The number of hydrogen-bond acceptors (Lipinski definition) is 2. The number of nitrogens with zero attached hydrogens (tertiary/aromatic N) is 6. The van der Waals surface area contributed by atoms with Crippen molar-refractivity contribution in [3.63, 3.8) is 0 Å². The van der Waals surface area contributed by atoms with Gasteiger partial charge < -0.3 is 0 Å². The van der Waals surface area contributed by atoms with Gasteiger partial charge in [0.2, 0.25) is 0 Å². The smallest absolute Gasteiger partial charge is 0.133 e. The number of aromatic nitrogens is 6. The van der Waals surface area contributed by atoms with Crippen LogP contribution in [-0.4, -0.2) is 19.8 Å². The molecule has 0 saturated heterocycles. The van der Waals surface area contributed by atoms with Gasteiger partial charge in [0.15, 0.2) is 23.8 Å². The van der Waals surface area contributed by atoms with Crippen LogP contribution in [-0.2, 0) is 27.2 Å². The topological polar surface area (TPSA) is 43.4 Å². The lowest BCUT2D eigenvalue weighted by Crippen LogP contribution is -2.36.